The Morgan fingerprint density at radius 1 is 1.36 bits per heavy atom. The van der Waals surface area contributed by atoms with Crippen LogP contribution in [0.1, 0.15) is 19.4 Å². The van der Waals surface area contributed by atoms with E-state index >= 15 is 0 Å². The minimum absolute atomic E-state index is 0.0123. The summed E-state index contributed by atoms with van der Waals surface area (Å²) in [5.74, 6) is -0.782. The van der Waals surface area contributed by atoms with Crippen LogP contribution in [-0.2, 0) is 19.1 Å². The number of morpholine rings is 1. The minimum atomic E-state index is -1.43. The molecule has 2 heterocycles. The quantitative estimate of drug-likeness (QED) is 0.509. The molecule has 2 fully saturated rings. The molecule has 0 spiro atoms. The SMILES string of the molecule is CO[C@]1(C(C)C)NC(=O)[C@@]2(C(=O)/C=C/c3ccccc3)O[C@H]21. The van der Waals surface area contributed by atoms with E-state index in [1.165, 1.54) is 13.2 Å². The third-order valence-corrected chi connectivity index (χ3v) is 4.44. The van der Waals surface area contributed by atoms with Crippen molar-refractivity contribution < 1.29 is 19.1 Å². The molecule has 0 aromatic heterocycles. The number of hydrogen-bond donors (Lipinski definition) is 1. The molecule has 1 aromatic rings. The van der Waals surface area contributed by atoms with Gasteiger partial charge in [-0.3, -0.25) is 9.59 Å². The predicted octanol–water partition coefficient (Wildman–Crippen LogP) is 1.53. The Labute approximate surface area is 129 Å². The van der Waals surface area contributed by atoms with Crippen LogP contribution < -0.4 is 5.32 Å². The fourth-order valence-corrected chi connectivity index (χ4v) is 3.05. The van der Waals surface area contributed by atoms with Gasteiger partial charge in [-0.2, -0.15) is 0 Å². The zero-order chi connectivity index (χ0) is 16.0. The highest BCUT2D eigenvalue weighted by Crippen LogP contribution is 2.52. The van der Waals surface area contributed by atoms with Crippen molar-refractivity contribution in [2.45, 2.75) is 31.3 Å². The number of epoxide rings is 1. The third kappa shape index (κ3) is 1.93. The van der Waals surface area contributed by atoms with Gasteiger partial charge in [0.05, 0.1) is 0 Å². The molecule has 0 radical (unpaired) electrons. The van der Waals surface area contributed by atoms with Crippen LogP contribution in [0.25, 0.3) is 6.08 Å². The van der Waals surface area contributed by atoms with Crippen LogP contribution >= 0.6 is 0 Å². The van der Waals surface area contributed by atoms with Gasteiger partial charge in [-0.1, -0.05) is 50.3 Å². The summed E-state index contributed by atoms with van der Waals surface area (Å²) in [6.07, 6.45) is 2.51. The Balaban J connectivity index is 1.83. The summed E-state index contributed by atoms with van der Waals surface area (Å²) in [4.78, 5) is 24.8. The number of amides is 1. The van der Waals surface area contributed by atoms with Gasteiger partial charge >= 0.3 is 0 Å². The second kappa shape index (κ2) is 5.04. The van der Waals surface area contributed by atoms with Crippen molar-refractivity contribution in [3.05, 3.63) is 42.0 Å². The van der Waals surface area contributed by atoms with Crippen LogP contribution in [0.3, 0.4) is 0 Å². The van der Waals surface area contributed by atoms with Gasteiger partial charge in [0.2, 0.25) is 5.60 Å². The molecule has 1 amide bonds. The summed E-state index contributed by atoms with van der Waals surface area (Å²) < 4.78 is 11.0. The Bertz CT molecular complexity index is 639. The van der Waals surface area contributed by atoms with Gasteiger partial charge in [-0.25, -0.2) is 0 Å². The number of hydrogen-bond acceptors (Lipinski definition) is 4. The smallest absolute Gasteiger partial charge is 0.265 e. The van der Waals surface area contributed by atoms with E-state index in [2.05, 4.69) is 5.32 Å². The fraction of sp³-hybridized carbons (Fsp3) is 0.412. The lowest BCUT2D eigenvalue weighted by molar-refractivity contribution is -0.143. The van der Waals surface area contributed by atoms with Crippen LogP contribution in [0, 0.1) is 5.92 Å². The molecular weight excluding hydrogens is 282 g/mol. The van der Waals surface area contributed by atoms with E-state index < -0.39 is 23.3 Å². The maximum atomic E-state index is 12.5. The maximum absolute atomic E-state index is 12.5. The molecule has 2 aliphatic rings. The van der Waals surface area contributed by atoms with Crippen LogP contribution in [0.5, 0.6) is 0 Å². The van der Waals surface area contributed by atoms with Crippen LogP contribution in [0.2, 0.25) is 0 Å². The first-order chi connectivity index (χ1) is 10.5. The first-order valence-corrected chi connectivity index (χ1v) is 7.30. The Kier molecular flexibility index (Phi) is 3.42. The number of nitrogens with one attached hydrogen (secondary N) is 1. The lowest BCUT2D eigenvalue weighted by Gasteiger charge is -2.32. The molecule has 0 saturated carbocycles. The highest BCUT2D eigenvalue weighted by atomic mass is 16.7. The van der Waals surface area contributed by atoms with Crippen molar-refractivity contribution in [2.75, 3.05) is 7.11 Å². The minimum Gasteiger partial charge on any atom is -0.356 e. The molecule has 116 valence electrons. The number of ether oxygens (including phenoxy) is 2. The number of carbonyl (C=O) groups excluding carboxylic acids is 2. The molecule has 22 heavy (non-hydrogen) atoms. The molecule has 3 atom stereocenters. The van der Waals surface area contributed by atoms with Crippen molar-refractivity contribution in [3.8, 4) is 0 Å². The molecule has 5 heteroatoms. The molecular formula is C17H19NO4. The zero-order valence-electron chi connectivity index (χ0n) is 12.8. The summed E-state index contributed by atoms with van der Waals surface area (Å²) in [6.45, 7) is 3.84. The normalized spacial score (nSPS) is 33.1. The van der Waals surface area contributed by atoms with Crippen molar-refractivity contribution in [3.63, 3.8) is 0 Å². The highest BCUT2D eigenvalue weighted by Gasteiger charge is 2.81. The van der Waals surface area contributed by atoms with Crippen LogP contribution in [0.15, 0.2) is 36.4 Å². The molecule has 1 N–H and O–H groups in total. The van der Waals surface area contributed by atoms with Crippen LogP contribution in [-0.4, -0.2) is 36.2 Å². The monoisotopic (exact) mass is 301 g/mol. The number of ketones is 1. The van der Waals surface area contributed by atoms with E-state index in [1.807, 2.05) is 44.2 Å². The van der Waals surface area contributed by atoms with Crippen molar-refractivity contribution >= 4 is 17.8 Å². The Hall–Kier alpha value is -1.98. The average Bonchev–Trinajstić information content (AvgIpc) is 3.23. The molecule has 3 rings (SSSR count). The van der Waals surface area contributed by atoms with E-state index in [0.29, 0.717) is 0 Å². The molecule has 5 nitrogen and oxygen atoms in total. The molecule has 0 aliphatic carbocycles. The highest BCUT2D eigenvalue weighted by molar-refractivity contribution is 6.20. The summed E-state index contributed by atoms with van der Waals surface area (Å²) in [5, 5.41) is 2.80. The van der Waals surface area contributed by atoms with E-state index in [9.17, 15) is 9.59 Å². The lowest BCUT2D eigenvalue weighted by atomic mass is 9.91. The summed E-state index contributed by atoms with van der Waals surface area (Å²) >= 11 is 0. The number of fused-ring (bicyclic) bond motifs is 1. The van der Waals surface area contributed by atoms with Gasteiger partial charge in [0.1, 0.15) is 0 Å². The van der Waals surface area contributed by atoms with Gasteiger partial charge in [0, 0.05) is 13.0 Å². The molecule has 1 aromatic carbocycles. The van der Waals surface area contributed by atoms with E-state index in [0.717, 1.165) is 5.56 Å². The number of carbonyl (C=O) groups is 2. The average molecular weight is 301 g/mol. The Morgan fingerprint density at radius 2 is 2.05 bits per heavy atom. The maximum Gasteiger partial charge on any atom is 0.265 e. The van der Waals surface area contributed by atoms with Gasteiger partial charge in [0.25, 0.3) is 5.91 Å². The number of rotatable bonds is 5. The second-order valence-electron chi connectivity index (χ2n) is 5.95. The van der Waals surface area contributed by atoms with Gasteiger partial charge in [-0.05, 0) is 11.6 Å². The van der Waals surface area contributed by atoms with Gasteiger partial charge in [-0.15, -0.1) is 0 Å². The summed E-state index contributed by atoms with van der Waals surface area (Å²) in [5.41, 5.74) is -1.47. The van der Waals surface area contributed by atoms with Crippen molar-refractivity contribution in [1.82, 2.24) is 5.32 Å². The first-order valence-electron chi connectivity index (χ1n) is 7.30. The zero-order valence-corrected chi connectivity index (χ0v) is 12.8. The molecule has 0 bridgehead atoms. The standard InChI is InChI=1S/C17H19NO4/c1-11(2)17(21-3)14-16(22-14,15(20)18-17)13(19)10-9-12-7-5-4-6-8-12/h4-11,14H,1-3H3,(H,18,20)/b10-9+/t14-,16+,17+/m1/s1. The van der Waals surface area contributed by atoms with Crippen molar-refractivity contribution in [2.24, 2.45) is 5.92 Å². The largest absolute Gasteiger partial charge is 0.356 e. The van der Waals surface area contributed by atoms with Gasteiger partial charge in [0.15, 0.2) is 17.6 Å². The number of benzene rings is 1. The second-order valence-corrected chi connectivity index (χ2v) is 5.95. The van der Waals surface area contributed by atoms with Crippen LogP contribution in [0.4, 0.5) is 0 Å². The molecule has 0 unspecified atom stereocenters. The fourth-order valence-electron chi connectivity index (χ4n) is 3.05. The molecule has 2 aliphatic heterocycles. The topological polar surface area (TPSA) is 67.9 Å². The van der Waals surface area contributed by atoms with E-state index in [4.69, 9.17) is 9.47 Å². The Morgan fingerprint density at radius 3 is 2.55 bits per heavy atom. The van der Waals surface area contributed by atoms with Crippen molar-refractivity contribution in [1.29, 1.82) is 0 Å². The van der Waals surface area contributed by atoms with E-state index in [1.54, 1.807) is 6.08 Å². The predicted molar refractivity (Wildman–Crippen MR) is 80.8 cm³/mol. The lowest BCUT2D eigenvalue weighted by Crippen LogP contribution is -2.53. The third-order valence-electron chi connectivity index (χ3n) is 4.44. The molecule has 2 saturated heterocycles. The van der Waals surface area contributed by atoms with Gasteiger partial charge < -0.3 is 14.8 Å². The van der Waals surface area contributed by atoms with E-state index in [-0.39, 0.29) is 11.7 Å². The summed E-state index contributed by atoms with van der Waals surface area (Å²) in [7, 11) is 1.52. The first kappa shape index (κ1) is 14.9. The number of methoxy groups -OCH3 is 1. The summed E-state index contributed by atoms with van der Waals surface area (Å²) in [6, 6.07) is 9.44.